The molecule has 0 aliphatic heterocycles. The summed E-state index contributed by atoms with van der Waals surface area (Å²) in [5.74, 6) is -2.77. The van der Waals surface area contributed by atoms with Crippen molar-refractivity contribution in [1.29, 1.82) is 0 Å². The number of ketones is 3. The number of aromatic amines is 1. The third-order valence-electron chi connectivity index (χ3n) is 3.72. The third kappa shape index (κ3) is 4.83. The van der Waals surface area contributed by atoms with Gasteiger partial charge >= 0.3 is 0 Å². The van der Waals surface area contributed by atoms with Crippen molar-refractivity contribution in [2.45, 2.75) is 24.2 Å². The number of rotatable bonds is 3. The zero-order valence-corrected chi connectivity index (χ0v) is 15.4. The van der Waals surface area contributed by atoms with Crippen LogP contribution < -0.4 is 0 Å². The average molecular weight is 398 g/mol. The lowest BCUT2D eigenvalue weighted by Gasteiger charge is -2.18. The molecule has 0 saturated heterocycles. The van der Waals surface area contributed by atoms with Crippen LogP contribution in [0.5, 0.6) is 0 Å². The van der Waals surface area contributed by atoms with Gasteiger partial charge in [0, 0.05) is 24.7 Å². The minimum absolute atomic E-state index is 0.00216. The molecule has 10 heteroatoms. The summed E-state index contributed by atoms with van der Waals surface area (Å²) >= 11 is 5.94. The first-order chi connectivity index (χ1) is 12.2. The summed E-state index contributed by atoms with van der Waals surface area (Å²) in [4.78, 5) is 35.9. The third-order valence-corrected chi connectivity index (χ3v) is 5.14. The van der Waals surface area contributed by atoms with Crippen LogP contribution in [0.4, 0.5) is 0 Å². The van der Waals surface area contributed by atoms with E-state index < -0.39 is 33.1 Å². The van der Waals surface area contributed by atoms with Gasteiger partial charge in [0.05, 0.1) is 22.3 Å². The van der Waals surface area contributed by atoms with Crippen LogP contribution in [-0.4, -0.2) is 47.4 Å². The highest BCUT2D eigenvalue weighted by atomic mass is 35.5. The summed E-state index contributed by atoms with van der Waals surface area (Å²) in [6.07, 6.45) is 5.04. The first-order valence-corrected chi connectivity index (χ1v) is 9.87. The molecule has 1 saturated carbocycles. The topological polar surface area (TPSA) is 127 Å². The first kappa shape index (κ1) is 19.9. The van der Waals surface area contributed by atoms with E-state index in [0.29, 0.717) is 6.42 Å². The molecule has 8 nitrogen and oxygen atoms in total. The van der Waals surface area contributed by atoms with Crippen LogP contribution in [0.15, 0.2) is 35.5 Å². The number of nitrogens with one attached hydrogen (secondary N) is 1. The molecule has 1 aliphatic carbocycles. The largest absolute Gasteiger partial charge is 0.298 e. The van der Waals surface area contributed by atoms with E-state index in [1.807, 2.05) is 0 Å². The summed E-state index contributed by atoms with van der Waals surface area (Å²) in [6, 6.07) is 3.64. The van der Waals surface area contributed by atoms with E-state index in [9.17, 15) is 22.8 Å². The van der Waals surface area contributed by atoms with Crippen LogP contribution in [0.25, 0.3) is 0 Å². The van der Waals surface area contributed by atoms with Gasteiger partial charge in [-0.2, -0.15) is 15.4 Å². The molecule has 0 unspecified atom stereocenters. The number of Topliss-reactive ketones (excluding diaryl/α,β-unsaturated/α-hetero) is 3. The molecule has 0 atom stereocenters. The minimum Gasteiger partial charge on any atom is -0.298 e. The zero-order valence-electron chi connectivity index (χ0n) is 13.8. The Balaban J connectivity index is 0.000000417. The van der Waals surface area contributed by atoms with Crippen LogP contribution in [0.1, 0.15) is 29.6 Å². The van der Waals surface area contributed by atoms with E-state index in [1.165, 1.54) is 12.1 Å². The summed E-state index contributed by atoms with van der Waals surface area (Å²) in [5.41, 5.74) is -0.00216. The van der Waals surface area contributed by atoms with Crippen molar-refractivity contribution < 1.29 is 22.8 Å². The van der Waals surface area contributed by atoms with Crippen molar-refractivity contribution in [3.63, 3.8) is 0 Å². The van der Waals surface area contributed by atoms with Crippen molar-refractivity contribution in [3.05, 3.63) is 41.2 Å². The Morgan fingerprint density at radius 1 is 1.15 bits per heavy atom. The Kier molecular flexibility index (Phi) is 6.38. The summed E-state index contributed by atoms with van der Waals surface area (Å²) in [5, 5.41) is 9.26. The van der Waals surface area contributed by atoms with E-state index in [2.05, 4.69) is 15.4 Å². The molecular formula is C16H16ClN3O5S. The van der Waals surface area contributed by atoms with Gasteiger partial charge in [-0.05, 0) is 24.6 Å². The number of carbonyl (C=O) groups is 3. The predicted octanol–water partition coefficient (Wildman–Crippen LogP) is 1.67. The number of aromatic nitrogens is 3. The lowest BCUT2D eigenvalue weighted by molar-refractivity contribution is -0.133. The van der Waals surface area contributed by atoms with Gasteiger partial charge in [0.2, 0.25) is 0 Å². The van der Waals surface area contributed by atoms with Crippen molar-refractivity contribution in [3.8, 4) is 0 Å². The SMILES string of the molecule is CS(=O)(=O)c1ccc(C(=O)C2C(=O)CCCC2=O)c(Cl)c1.c1cn[nH]n1. The van der Waals surface area contributed by atoms with Gasteiger partial charge in [-0.15, -0.1) is 0 Å². The molecule has 0 radical (unpaired) electrons. The number of carbonyl (C=O) groups excluding carboxylic acids is 3. The van der Waals surface area contributed by atoms with Gasteiger partial charge in [0.25, 0.3) is 0 Å². The molecule has 0 amide bonds. The second kappa shape index (κ2) is 8.33. The Bertz CT molecular complexity index is 892. The van der Waals surface area contributed by atoms with Crippen LogP contribution in [-0.2, 0) is 19.4 Å². The number of nitrogens with zero attached hydrogens (tertiary/aromatic N) is 2. The summed E-state index contributed by atoms with van der Waals surface area (Å²) < 4.78 is 22.8. The smallest absolute Gasteiger partial charge is 0.182 e. The van der Waals surface area contributed by atoms with E-state index in [-0.39, 0.29) is 28.3 Å². The summed E-state index contributed by atoms with van der Waals surface area (Å²) in [7, 11) is -3.44. The molecule has 26 heavy (non-hydrogen) atoms. The number of hydrogen-bond acceptors (Lipinski definition) is 7. The Hall–Kier alpha value is -2.39. The highest BCUT2D eigenvalue weighted by molar-refractivity contribution is 7.90. The highest BCUT2D eigenvalue weighted by Crippen LogP contribution is 2.27. The van der Waals surface area contributed by atoms with E-state index >= 15 is 0 Å². The molecule has 3 rings (SSSR count). The fraction of sp³-hybridized carbons (Fsp3) is 0.312. The normalized spacial score (nSPS) is 15.3. The predicted molar refractivity (Wildman–Crippen MR) is 92.6 cm³/mol. The lowest BCUT2D eigenvalue weighted by atomic mass is 9.82. The molecule has 1 heterocycles. The van der Waals surface area contributed by atoms with Crippen molar-refractivity contribution in [2.24, 2.45) is 5.92 Å². The average Bonchev–Trinajstić information content (AvgIpc) is 3.13. The van der Waals surface area contributed by atoms with Gasteiger partial charge in [-0.25, -0.2) is 8.42 Å². The molecular weight excluding hydrogens is 382 g/mol. The molecule has 138 valence electrons. The van der Waals surface area contributed by atoms with Crippen molar-refractivity contribution >= 4 is 38.8 Å². The number of halogens is 1. The highest BCUT2D eigenvalue weighted by Gasteiger charge is 2.37. The van der Waals surface area contributed by atoms with Crippen LogP contribution >= 0.6 is 11.6 Å². The molecule has 0 bridgehead atoms. The Morgan fingerprint density at radius 3 is 2.15 bits per heavy atom. The Labute approximate surface area is 154 Å². The maximum absolute atomic E-state index is 12.3. The van der Waals surface area contributed by atoms with Crippen molar-refractivity contribution in [1.82, 2.24) is 15.4 Å². The number of sulfone groups is 1. The quantitative estimate of drug-likeness (QED) is 0.616. The molecule has 1 aromatic carbocycles. The molecule has 1 N–H and O–H groups in total. The fourth-order valence-corrected chi connectivity index (χ4v) is 3.43. The number of H-pyrrole nitrogens is 1. The minimum atomic E-state index is -3.44. The van der Waals surface area contributed by atoms with E-state index in [0.717, 1.165) is 12.3 Å². The van der Waals surface area contributed by atoms with Gasteiger partial charge < -0.3 is 0 Å². The van der Waals surface area contributed by atoms with Crippen molar-refractivity contribution in [2.75, 3.05) is 6.26 Å². The summed E-state index contributed by atoms with van der Waals surface area (Å²) in [6.45, 7) is 0. The van der Waals surface area contributed by atoms with E-state index in [1.54, 1.807) is 12.4 Å². The second-order valence-electron chi connectivity index (χ2n) is 5.65. The molecule has 0 spiro atoms. The second-order valence-corrected chi connectivity index (χ2v) is 8.08. The van der Waals surface area contributed by atoms with E-state index in [4.69, 9.17) is 11.6 Å². The standard InChI is InChI=1S/C14H13ClO5S.C2H3N3/c1-21(19,20)8-5-6-9(10(15)7-8)14(18)13-11(16)3-2-4-12(13)17;1-2-4-5-3-1/h5-7,13H,2-4H2,1H3;1-2H,(H,3,4,5). The van der Waals surface area contributed by atoms with Crippen LogP contribution in [0.2, 0.25) is 5.02 Å². The van der Waals surface area contributed by atoms with Gasteiger partial charge in [-0.3, -0.25) is 14.4 Å². The maximum Gasteiger partial charge on any atom is 0.182 e. The fourth-order valence-electron chi connectivity index (χ4n) is 2.45. The van der Waals surface area contributed by atoms with Gasteiger partial charge in [-0.1, -0.05) is 11.6 Å². The van der Waals surface area contributed by atoms with Crippen LogP contribution in [0.3, 0.4) is 0 Å². The zero-order chi connectivity index (χ0) is 19.3. The number of benzene rings is 1. The van der Waals surface area contributed by atoms with Gasteiger partial charge in [0.15, 0.2) is 27.2 Å². The lowest BCUT2D eigenvalue weighted by Crippen LogP contribution is -2.35. The maximum atomic E-state index is 12.3. The number of hydrogen-bond donors (Lipinski definition) is 1. The van der Waals surface area contributed by atoms with Crippen LogP contribution in [0, 0.1) is 5.92 Å². The molecule has 1 fully saturated rings. The van der Waals surface area contributed by atoms with Gasteiger partial charge in [0.1, 0.15) is 5.92 Å². The molecule has 2 aromatic rings. The molecule has 1 aromatic heterocycles. The molecule has 1 aliphatic rings. The first-order valence-electron chi connectivity index (χ1n) is 7.61. The Morgan fingerprint density at radius 2 is 1.73 bits per heavy atom. The monoisotopic (exact) mass is 397 g/mol.